The van der Waals surface area contributed by atoms with Crippen LogP contribution in [0.5, 0.6) is 0 Å². The first-order valence-corrected chi connectivity index (χ1v) is 7.55. The molecule has 0 saturated carbocycles. The Morgan fingerprint density at radius 2 is 2.10 bits per heavy atom. The molecule has 2 aliphatic heterocycles. The van der Waals surface area contributed by atoms with Gasteiger partial charge in [0.25, 0.3) is 0 Å². The highest BCUT2D eigenvalue weighted by molar-refractivity contribution is 5.78. The second-order valence-electron chi connectivity index (χ2n) is 6.14. The zero-order valence-electron chi connectivity index (χ0n) is 11.5. The predicted molar refractivity (Wildman–Crippen MR) is 79.4 cm³/mol. The third kappa shape index (κ3) is 2.11. The summed E-state index contributed by atoms with van der Waals surface area (Å²) >= 11 is 0. The van der Waals surface area contributed by atoms with Gasteiger partial charge in [0.2, 0.25) is 0 Å². The SMILES string of the molecule is NC(Cc1ccc2ccccc2n1)C1CC2CCC1O2. The fourth-order valence-electron chi connectivity index (χ4n) is 3.74. The van der Waals surface area contributed by atoms with Gasteiger partial charge in [-0.05, 0) is 31.4 Å². The van der Waals surface area contributed by atoms with Crippen LogP contribution < -0.4 is 5.73 Å². The Morgan fingerprint density at radius 1 is 1.20 bits per heavy atom. The Hall–Kier alpha value is -1.45. The lowest BCUT2D eigenvalue weighted by Gasteiger charge is -2.25. The molecular weight excluding hydrogens is 248 g/mol. The van der Waals surface area contributed by atoms with Gasteiger partial charge in [0, 0.05) is 29.5 Å². The van der Waals surface area contributed by atoms with Crippen molar-refractivity contribution in [1.29, 1.82) is 0 Å². The van der Waals surface area contributed by atoms with E-state index in [0.717, 1.165) is 24.1 Å². The minimum atomic E-state index is 0.166. The van der Waals surface area contributed by atoms with Crippen molar-refractivity contribution in [2.75, 3.05) is 0 Å². The van der Waals surface area contributed by atoms with Crippen LogP contribution in [0.25, 0.3) is 10.9 Å². The summed E-state index contributed by atoms with van der Waals surface area (Å²) in [6, 6.07) is 12.6. The van der Waals surface area contributed by atoms with E-state index in [4.69, 9.17) is 15.5 Å². The van der Waals surface area contributed by atoms with Crippen LogP contribution in [0, 0.1) is 5.92 Å². The maximum Gasteiger partial charge on any atom is 0.0705 e. The summed E-state index contributed by atoms with van der Waals surface area (Å²) in [5.41, 5.74) is 8.57. The quantitative estimate of drug-likeness (QED) is 0.931. The molecule has 2 bridgehead atoms. The van der Waals surface area contributed by atoms with Crippen molar-refractivity contribution in [2.24, 2.45) is 11.7 Å². The molecule has 4 unspecified atom stereocenters. The van der Waals surface area contributed by atoms with Gasteiger partial charge in [-0.3, -0.25) is 4.98 Å². The van der Waals surface area contributed by atoms with Crippen LogP contribution in [0.2, 0.25) is 0 Å². The van der Waals surface area contributed by atoms with Gasteiger partial charge >= 0.3 is 0 Å². The van der Waals surface area contributed by atoms with Crippen molar-refractivity contribution >= 4 is 10.9 Å². The Bertz CT molecular complexity index is 627. The zero-order chi connectivity index (χ0) is 13.5. The highest BCUT2D eigenvalue weighted by Crippen LogP contribution is 2.40. The number of para-hydroxylation sites is 1. The van der Waals surface area contributed by atoms with Gasteiger partial charge < -0.3 is 10.5 Å². The lowest BCUT2D eigenvalue weighted by atomic mass is 9.82. The van der Waals surface area contributed by atoms with Crippen molar-refractivity contribution in [1.82, 2.24) is 4.98 Å². The predicted octanol–water partition coefficient (Wildman–Crippen LogP) is 2.67. The van der Waals surface area contributed by atoms with E-state index >= 15 is 0 Å². The van der Waals surface area contributed by atoms with Crippen molar-refractivity contribution in [2.45, 2.75) is 43.9 Å². The number of pyridine rings is 1. The molecule has 4 atom stereocenters. The van der Waals surface area contributed by atoms with Crippen LogP contribution in [-0.2, 0) is 11.2 Å². The van der Waals surface area contributed by atoms with Crippen LogP contribution >= 0.6 is 0 Å². The van der Waals surface area contributed by atoms with E-state index in [-0.39, 0.29) is 6.04 Å². The maximum atomic E-state index is 6.42. The van der Waals surface area contributed by atoms with E-state index in [1.54, 1.807) is 0 Å². The van der Waals surface area contributed by atoms with Crippen LogP contribution in [-0.4, -0.2) is 23.2 Å². The monoisotopic (exact) mass is 268 g/mol. The number of nitrogens with two attached hydrogens (primary N) is 1. The Morgan fingerprint density at radius 3 is 2.90 bits per heavy atom. The number of benzene rings is 1. The molecule has 1 aromatic heterocycles. The highest BCUT2D eigenvalue weighted by Gasteiger charge is 2.43. The molecule has 2 aliphatic rings. The topological polar surface area (TPSA) is 48.1 Å². The van der Waals surface area contributed by atoms with E-state index in [2.05, 4.69) is 24.3 Å². The third-order valence-corrected chi connectivity index (χ3v) is 4.80. The minimum absolute atomic E-state index is 0.166. The van der Waals surface area contributed by atoms with Gasteiger partial charge in [0.05, 0.1) is 17.7 Å². The molecule has 1 aromatic carbocycles. The lowest BCUT2D eigenvalue weighted by Crippen LogP contribution is -2.38. The average Bonchev–Trinajstić information content (AvgIpc) is 3.10. The fraction of sp³-hybridized carbons (Fsp3) is 0.471. The Labute approximate surface area is 119 Å². The number of hydrogen-bond acceptors (Lipinski definition) is 3. The summed E-state index contributed by atoms with van der Waals surface area (Å²) in [6.45, 7) is 0. The molecule has 0 amide bonds. The fourth-order valence-corrected chi connectivity index (χ4v) is 3.74. The van der Waals surface area contributed by atoms with E-state index in [0.29, 0.717) is 18.1 Å². The highest BCUT2D eigenvalue weighted by atomic mass is 16.5. The molecule has 2 aromatic rings. The van der Waals surface area contributed by atoms with Crippen molar-refractivity contribution in [3.05, 3.63) is 42.1 Å². The second-order valence-corrected chi connectivity index (χ2v) is 6.14. The third-order valence-electron chi connectivity index (χ3n) is 4.80. The van der Waals surface area contributed by atoms with E-state index in [1.807, 2.05) is 12.1 Å². The standard InChI is InChI=1S/C17H20N2O/c18-15(14-10-13-7-8-17(14)20-13)9-12-6-5-11-3-1-2-4-16(11)19-12/h1-6,13-15,17H,7-10,18H2. The van der Waals surface area contributed by atoms with Crippen LogP contribution in [0.15, 0.2) is 36.4 Å². The average molecular weight is 268 g/mol. The first-order chi connectivity index (χ1) is 9.79. The zero-order valence-corrected chi connectivity index (χ0v) is 11.5. The van der Waals surface area contributed by atoms with Gasteiger partial charge in [-0.15, -0.1) is 0 Å². The molecule has 2 N–H and O–H groups in total. The minimum Gasteiger partial charge on any atom is -0.375 e. The summed E-state index contributed by atoms with van der Waals surface area (Å²) in [5.74, 6) is 0.516. The van der Waals surface area contributed by atoms with Gasteiger partial charge in [0.1, 0.15) is 0 Å². The van der Waals surface area contributed by atoms with Gasteiger partial charge in [-0.25, -0.2) is 0 Å². The van der Waals surface area contributed by atoms with Crippen molar-refractivity contribution < 1.29 is 4.74 Å². The molecule has 2 fully saturated rings. The van der Waals surface area contributed by atoms with E-state index in [1.165, 1.54) is 18.2 Å². The van der Waals surface area contributed by atoms with E-state index in [9.17, 15) is 0 Å². The van der Waals surface area contributed by atoms with Gasteiger partial charge in [-0.2, -0.15) is 0 Å². The smallest absolute Gasteiger partial charge is 0.0705 e. The molecule has 3 heteroatoms. The number of ether oxygens (including phenoxy) is 1. The molecule has 3 nitrogen and oxygen atoms in total. The van der Waals surface area contributed by atoms with Gasteiger partial charge in [0.15, 0.2) is 0 Å². The van der Waals surface area contributed by atoms with Gasteiger partial charge in [-0.1, -0.05) is 24.3 Å². The molecular formula is C17H20N2O. The number of rotatable bonds is 3. The maximum absolute atomic E-state index is 6.42. The van der Waals surface area contributed by atoms with Crippen LogP contribution in [0.1, 0.15) is 25.0 Å². The first-order valence-electron chi connectivity index (χ1n) is 7.55. The number of aromatic nitrogens is 1. The van der Waals surface area contributed by atoms with E-state index < -0.39 is 0 Å². The molecule has 20 heavy (non-hydrogen) atoms. The Balaban J connectivity index is 1.52. The van der Waals surface area contributed by atoms with Crippen molar-refractivity contribution in [3.8, 4) is 0 Å². The molecule has 2 saturated heterocycles. The van der Waals surface area contributed by atoms with Crippen LogP contribution in [0.4, 0.5) is 0 Å². The number of fused-ring (bicyclic) bond motifs is 3. The number of nitrogens with zero attached hydrogens (tertiary/aromatic N) is 1. The summed E-state index contributed by atoms with van der Waals surface area (Å²) in [7, 11) is 0. The summed E-state index contributed by atoms with van der Waals surface area (Å²) in [4.78, 5) is 4.73. The molecule has 0 spiro atoms. The van der Waals surface area contributed by atoms with Crippen molar-refractivity contribution in [3.63, 3.8) is 0 Å². The molecule has 0 radical (unpaired) electrons. The molecule has 3 heterocycles. The molecule has 4 rings (SSSR count). The lowest BCUT2D eigenvalue weighted by molar-refractivity contribution is 0.0884. The number of hydrogen-bond donors (Lipinski definition) is 1. The second kappa shape index (κ2) is 4.83. The summed E-state index contributed by atoms with van der Waals surface area (Å²) in [6.07, 6.45) is 5.27. The summed E-state index contributed by atoms with van der Waals surface area (Å²) < 4.78 is 5.91. The largest absolute Gasteiger partial charge is 0.375 e. The normalized spacial score (nSPS) is 29.9. The molecule has 104 valence electrons. The van der Waals surface area contributed by atoms with Crippen LogP contribution in [0.3, 0.4) is 0 Å². The Kier molecular flexibility index (Phi) is 2.97. The summed E-state index contributed by atoms with van der Waals surface area (Å²) in [5, 5.41) is 1.19. The first kappa shape index (κ1) is 12.3. The molecule has 0 aliphatic carbocycles.